The van der Waals surface area contributed by atoms with Crippen LogP contribution in [0.3, 0.4) is 0 Å². The molecule has 27 heavy (non-hydrogen) atoms. The van der Waals surface area contributed by atoms with Gasteiger partial charge in [0.25, 0.3) is 0 Å². The van der Waals surface area contributed by atoms with E-state index in [-0.39, 0.29) is 24.8 Å². The maximum atomic E-state index is 12.7. The van der Waals surface area contributed by atoms with E-state index in [1.54, 1.807) is 30.3 Å². The summed E-state index contributed by atoms with van der Waals surface area (Å²) in [5.74, 6) is -0.978. The molecule has 2 aromatic rings. The molecule has 2 atom stereocenters. The lowest BCUT2D eigenvalue weighted by atomic mass is 10.1. The van der Waals surface area contributed by atoms with Gasteiger partial charge in [-0.25, -0.2) is 4.79 Å². The number of carbonyl (C=O) groups excluding carboxylic acids is 3. The van der Waals surface area contributed by atoms with Gasteiger partial charge < -0.3 is 10.1 Å². The van der Waals surface area contributed by atoms with Crippen molar-refractivity contribution in [3.63, 3.8) is 0 Å². The largest absolute Gasteiger partial charge is 0.433 e. The average molecular weight is 385 g/mol. The number of ether oxygens (including phenoxy) is 1. The van der Waals surface area contributed by atoms with Crippen LogP contribution in [0.2, 0.25) is 5.02 Å². The van der Waals surface area contributed by atoms with Gasteiger partial charge >= 0.3 is 5.97 Å². The molecule has 138 valence electrons. The van der Waals surface area contributed by atoms with Crippen LogP contribution in [-0.4, -0.2) is 28.7 Å². The van der Waals surface area contributed by atoms with Gasteiger partial charge in [0.15, 0.2) is 0 Å². The van der Waals surface area contributed by atoms with Gasteiger partial charge in [-0.15, -0.1) is 0 Å². The highest BCUT2D eigenvalue weighted by Crippen LogP contribution is 2.38. The van der Waals surface area contributed by atoms with Crippen LogP contribution >= 0.6 is 11.6 Å². The first-order valence-corrected chi connectivity index (χ1v) is 9.06. The second-order valence-electron chi connectivity index (χ2n) is 6.51. The summed E-state index contributed by atoms with van der Waals surface area (Å²) in [6, 6.07) is 13.5. The number of halogens is 1. The summed E-state index contributed by atoms with van der Waals surface area (Å²) in [4.78, 5) is 38.7. The molecule has 1 fully saturated rings. The van der Waals surface area contributed by atoms with Gasteiger partial charge in [0.1, 0.15) is 6.04 Å². The Balaban J connectivity index is 1.53. The van der Waals surface area contributed by atoms with Crippen molar-refractivity contribution in [1.29, 1.82) is 0 Å². The van der Waals surface area contributed by atoms with E-state index < -0.39 is 18.2 Å². The van der Waals surface area contributed by atoms with Crippen LogP contribution in [0.1, 0.15) is 40.6 Å². The van der Waals surface area contributed by atoms with Gasteiger partial charge in [-0.05, 0) is 24.1 Å². The van der Waals surface area contributed by atoms with Gasteiger partial charge in [-0.3, -0.25) is 14.5 Å². The number of carbonyl (C=O) groups is 3. The maximum Gasteiger partial charge on any atom is 0.340 e. The number of amides is 2. The minimum Gasteiger partial charge on any atom is -0.433 e. The zero-order valence-corrected chi connectivity index (χ0v) is 15.1. The molecule has 0 radical (unpaired) electrons. The van der Waals surface area contributed by atoms with Crippen LogP contribution in [0.25, 0.3) is 0 Å². The highest BCUT2D eigenvalue weighted by atomic mass is 35.5. The molecule has 1 N–H and O–H groups in total. The van der Waals surface area contributed by atoms with E-state index in [0.29, 0.717) is 22.6 Å². The summed E-state index contributed by atoms with van der Waals surface area (Å²) < 4.78 is 5.41. The van der Waals surface area contributed by atoms with E-state index in [1.165, 1.54) is 4.90 Å². The van der Waals surface area contributed by atoms with Gasteiger partial charge in [0.2, 0.25) is 18.0 Å². The molecule has 0 spiro atoms. The van der Waals surface area contributed by atoms with Crippen molar-refractivity contribution in [3.05, 3.63) is 70.2 Å². The molecule has 4 rings (SSSR count). The minimum absolute atomic E-state index is 0.206. The predicted octanol–water partition coefficient (Wildman–Crippen LogP) is 2.82. The van der Waals surface area contributed by atoms with Crippen molar-refractivity contribution >= 4 is 29.4 Å². The fraction of sp³-hybridized carbons (Fsp3) is 0.250. The van der Waals surface area contributed by atoms with E-state index in [2.05, 4.69) is 5.32 Å². The summed E-state index contributed by atoms with van der Waals surface area (Å²) in [6.45, 7) is 0.262. The molecule has 2 heterocycles. The molecular weight excluding hydrogens is 368 g/mol. The summed E-state index contributed by atoms with van der Waals surface area (Å²) in [7, 11) is 0. The molecule has 2 aliphatic rings. The molecule has 2 unspecified atom stereocenters. The lowest BCUT2D eigenvalue weighted by Gasteiger charge is -2.29. The molecule has 0 aliphatic carbocycles. The molecule has 0 saturated carbocycles. The first kappa shape index (κ1) is 17.5. The van der Waals surface area contributed by atoms with Crippen LogP contribution in [0.4, 0.5) is 0 Å². The van der Waals surface area contributed by atoms with Gasteiger partial charge in [-0.1, -0.05) is 48.0 Å². The highest BCUT2D eigenvalue weighted by molar-refractivity contribution is 6.31. The number of esters is 1. The molecule has 6 nitrogen and oxygen atoms in total. The van der Waals surface area contributed by atoms with E-state index in [4.69, 9.17) is 16.3 Å². The third-order valence-corrected chi connectivity index (χ3v) is 5.26. The van der Waals surface area contributed by atoms with Crippen molar-refractivity contribution in [2.24, 2.45) is 0 Å². The SMILES string of the molecule is O=C1OC(N2C(=O)CCC2C(=O)NCc2ccccc2Cl)c2ccccc21. The zero-order chi connectivity index (χ0) is 19.0. The molecule has 0 aromatic heterocycles. The summed E-state index contributed by atoms with van der Waals surface area (Å²) >= 11 is 6.12. The van der Waals surface area contributed by atoms with Crippen LogP contribution in [-0.2, 0) is 20.9 Å². The molecule has 0 bridgehead atoms. The van der Waals surface area contributed by atoms with Crippen LogP contribution in [0.15, 0.2) is 48.5 Å². The molecule has 2 aromatic carbocycles. The molecule has 7 heteroatoms. The fourth-order valence-electron chi connectivity index (χ4n) is 3.53. The topological polar surface area (TPSA) is 75.7 Å². The third-order valence-electron chi connectivity index (χ3n) is 4.89. The number of hydrogen-bond acceptors (Lipinski definition) is 4. The van der Waals surface area contributed by atoms with Crippen molar-refractivity contribution in [2.45, 2.75) is 31.7 Å². The van der Waals surface area contributed by atoms with Gasteiger partial charge in [0.05, 0.1) is 5.56 Å². The van der Waals surface area contributed by atoms with Gasteiger partial charge in [0, 0.05) is 23.6 Å². The second-order valence-corrected chi connectivity index (χ2v) is 6.92. The van der Waals surface area contributed by atoms with Crippen molar-refractivity contribution in [3.8, 4) is 0 Å². The number of nitrogens with one attached hydrogen (secondary N) is 1. The Morgan fingerprint density at radius 1 is 1.15 bits per heavy atom. The Bertz CT molecular complexity index is 930. The number of benzene rings is 2. The number of likely N-dealkylation sites (tertiary alicyclic amines) is 1. The van der Waals surface area contributed by atoms with Crippen molar-refractivity contribution < 1.29 is 19.1 Å². The number of cyclic esters (lactones) is 1. The van der Waals surface area contributed by atoms with Gasteiger partial charge in [-0.2, -0.15) is 0 Å². The van der Waals surface area contributed by atoms with E-state index in [0.717, 1.165) is 5.56 Å². The Morgan fingerprint density at radius 3 is 2.70 bits per heavy atom. The monoisotopic (exact) mass is 384 g/mol. The van der Waals surface area contributed by atoms with Crippen LogP contribution < -0.4 is 5.32 Å². The quantitative estimate of drug-likeness (QED) is 0.822. The number of fused-ring (bicyclic) bond motifs is 1. The average Bonchev–Trinajstić information content (AvgIpc) is 3.21. The van der Waals surface area contributed by atoms with Crippen LogP contribution in [0.5, 0.6) is 0 Å². The van der Waals surface area contributed by atoms with E-state index in [9.17, 15) is 14.4 Å². The molecule has 2 amide bonds. The Labute approximate surface area is 161 Å². The summed E-state index contributed by atoms with van der Waals surface area (Å²) in [5.41, 5.74) is 1.83. The molecule has 2 aliphatic heterocycles. The highest BCUT2D eigenvalue weighted by Gasteiger charge is 2.46. The molecular formula is C20H17ClN2O4. The normalized spacial score (nSPS) is 21.1. The standard InChI is InChI=1S/C20H17ClN2O4/c21-15-8-4-1-5-12(15)11-22-18(25)16-9-10-17(24)23(16)19-13-6-2-3-7-14(13)20(26)27-19/h1-8,16,19H,9-11H2,(H,22,25). The van der Waals surface area contributed by atoms with Crippen molar-refractivity contribution in [1.82, 2.24) is 10.2 Å². The second kappa shape index (κ2) is 7.04. The van der Waals surface area contributed by atoms with Crippen LogP contribution in [0, 0.1) is 0 Å². The minimum atomic E-state index is -0.861. The zero-order valence-electron chi connectivity index (χ0n) is 14.4. The predicted molar refractivity (Wildman–Crippen MR) is 97.8 cm³/mol. The lowest BCUT2D eigenvalue weighted by molar-refractivity contribution is -0.145. The van der Waals surface area contributed by atoms with E-state index >= 15 is 0 Å². The number of rotatable bonds is 4. The molecule has 1 saturated heterocycles. The fourth-order valence-corrected chi connectivity index (χ4v) is 3.73. The Morgan fingerprint density at radius 2 is 1.89 bits per heavy atom. The Hall–Kier alpha value is -2.86. The van der Waals surface area contributed by atoms with E-state index in [1.807, 2.05) is 18.2 Å². The number of hydrogen-bond donors (Lipinski definition) is 1. The summed E-state index contributed by atoms with van der Waals surface area (Å²) in [6.07, 6.45) is -0.246. The third kappa shape index (κ3) is 3.17. The maximum absolute atomic E-state index is 12.7. The first-order valence-electron chi connectivity index (χ1n) is 8.68. The lowest BCUT2D eigenvalue weighted by Crippen LogP contribution is -2.46. The Kier molecular flexibility index (Phi) is 4.58. The van der Waals surface area contributed by atoms with Crippen molar-refractivity contribution in [2.75, 3.05) is 0 Å². The smallest absolute Gasteiger partial charge is 0.340 e. The number of nitrogens with zero attached hydrogens (tertiary/aromatic N) is 1. The first-order chi connectivity index (χ1) is 13.1. The summed E-state index contributed by atoms with van der Waals surface area (Å²) in [5, 5.41) is 3.40.